The van der Waals surface area contributed by atoms with Crippen LogP contribution < -0.4 is 5.32 Å². The van der Waals surface area contributed by atoms with Crippen molar-refractivity contribution in [1.82, 2.24) is 10.2 Å². The van der Waals surface area contributed by atoms with Gasteiger partial charge in [-0.15, -0.1) is 0 Å². The molecule has 1 N–H and O–H groups in total. The van der Waals surface area contributed by atoms with Crippen molar-refractivity contribution in [2.75, 3.05) is 31.6 Å². The Hall–Kier alpha value is 0.0600. The summed E-state index contributed by atoms with van der Waals surface area (Å²) in [5.41, 5.74) is 0. The number of nitrogens with zero attached hydrogens (tertiary/aromatic N) is 1. The third kappa shape index (κ3) is 5.48. The smallest absolute Gasteiger partial charge is 0.313 e. The average Bonchev–Trinajstić information content (AvgIpc) is 2.24. The van der Waals surface area contributed by atoms with E-state index in [0.29, 0.717) is 0 Å². The third-order valence-corrected chi connectivity index (χ3v) is 4.16. The normalized spacial score (nSPS) is 24.9. The van der Waals surface area contributed by atoms with Crippen LogP contribution in [0.25, 0.3) is 0 Å². The first-order valence-electron chi connectivity index (χ1n) is 6.02. The van der Waals surface area contributed by atoms with E-state index in [1.165, 1.54) is 0 Å². The zero-order valence-corrected chi connectivity index (χ0v) is 11.2. The summed E-state index contributed by atoms with van der Waals surface area (Å²) < 4.78 is 36.8. The highest BCUT2D eigenvalue weighted by atomic mass is 32.2. The Kier molecular flexibility index (Phi) is 6.09. The van der Waals surface area contributed by atoms with Crippen LogP contribution in [0, 0.1) is 0 Å². The second-order valence-electron chi connectivity index (χ2n) is 4.44. The maximum absolute atomic E-state index is 12.3. The standard InChI is InChI=1S/C11H21F3N2S/c1-3-15-9(4-5-11(12,13)14)10-8-17-7-6-16(10)2/h9-10,15H,3-8H2,1-2H3. The third-order valence-electron chi connectivity index (χ3n) is 3.11. The molecule has 0 spiro atoms. The molecule has 0 bridgehead atoms. The van der Waals surface area contributed by atoms with Gasteiger partial charge >= 0.3 is 6.18 Å². The summed E-state index contributed by atoms with van der Waals surface area (Å²) in [4.78, 5) is 2.18. The van der Waals surface area contributed by atoms with Gasteiger partial charge in [-0.1, -0.05) is 6.92 Å². The SMILES string of the molecule is CCNC(CCC(F)(F)F)C1CSCCN1C. The van der Waals surface area contributed by atoms with E-state index in [4.69, 9.17) is 0 Å². The van der Waals surface area contributed by atoms with Crippen molar-refractivity contribution >= 4 is 11.8 Å². The number of halogens is 3. The van der Waals surface area contributed by atoms with E-state index < -0.39 is 12.6 Å². The van der Waals surface area contributed by atoms with Crippen LogP contribution in [0.4, 0.5) is 13.2 Å². The fourth-order valence-corrected chi connectivity index (χ4v) is 3.45. The van der Waals surface area contributed by atoms with Crippen molar-refractivity contribution in [3.05, 3.63) is 0 Å². The Morgan fingerprint density at radius 1 is 1.47 bits per heavy atom. The predicted octanol–water partition coefficient (Wildman–Crippen LogP) is 2.35. The summed E-state index contributed by atoms with van der Waals surface area (Å²) in [7, 11) is 2.00. The maximum atomic E-state index is 12.3. The molecular weight excluding hydrogens is 249 g/mol. The zero-order chi connectivity index (χ0) is 12.9. The molecule has 1 rings (SSSR count). The quantitative estimate of drug-likeness (QED) is 0.825. The van der Waals surface area contributed by atoms with Gasteiger partial charge in [0.25, 0.3) is 0 Å². The first-order valence-corrected chi connectivity index (χ1v) is 7.17. The number of likely N-dealkylation sites (N-methyl/N-ethyl adjacent to an activating group) is 2. The molecule has 0 aromatic rings. The van der Waals surface area contributed by atoms with Gasteiger partial charge in [0.1, 0.15) is 0 Å². The largest absolute Gasteiger partial charge is 0.389 e. The summed E-state index contributed by atoms with van der Waals surface area (Å²) in [6, 6.07) is 0.162. The van der Waals surface area contributed by atoms with Crippen LogP contribution in [0.3, 0.4) is 0 Å². The molecule has 0 saturated carbocycles. The van der Waals surface area contributed by atoms with E-state index in [1.807, 2.05) is 25.7 Å². The Morgan fingerprint density at radius 3 is 2.71 bits per heavy atom. The number of nitrogens with one attached hydrogen (secondary N) is 1. The summed E-state index contributed by atoms with van der Waals surface area (Å²) in [5, 5.41) is 3.20. The molecule has 0 amide bonds. The molecule has 0 aromatic heterocycles. The van der Waals surface area contributed by atoms with Crippen molar-refractivity contribution in [2.24, 2.45) is 0 Å². The van der Waals surface area contributed by atoms with E-state index >= 15 is 0 Å². The minimum Gasteiger partial charge on any atom is -0.313 e. The van der Waals surface area contributed by atoms with Gasteiger partial charge in [-0.05, 0) is 20.0 Å². The molecule has 102 valence electrons. The van der Waals surface area contributed by atoms with Crippen molar-refractivity contribution < 1.29 is 13.2 Å². The number of rotatable bonds is 5. The summed E-state index contributed by atoms with van der Waals surface area (Å²) >= 11 is 1.83. The molecule has 2 nitrogen and oxygen atoms in total. The van der Waals surface area contributed by atoms with E-state index in [2.05, 4.69) is 10.2 Å². The second-order valence-corrected chi connectivity index (χ2v) is 5.59. The molecule has 0 aliphatic carbocycles. The maximum Gasteiger partial charge on any atom is 0.389 e. The van der Waals surface area contributed by atoms with Gasteiger partial charge in [-0.3, -0.25) is 0 Å². The molecule has 1 saturated heterocycles. The second kappa shape index (κ2) is 6.85. The van der Waals surface area contributed by atoms with Gasteiger partial charge in [0.05, 0.1) is 0 Å². The van der Waals surface area contributed by atoms with Crippen molar-refractivity contribution in [1.29, 1.82) is 0 Å². The molecular formula is C11H21F3N2S. The molecule has 2 unspecified atom stereocenters. The lowest BCUT2D eigenvalue weighted by Gasteiger charge is -2.38. The van der Waals surface area contributed by atoms with Gasteiger partial charge in [0, 0.05) is 36.6 Å². The molecule has 0 radical (unpaired) electrons. The van der Waals surface area contributed by atoms with Gasteiger partial charge < -0.3 is 10.2 Å². The molecule has 2 atom stereocenters. The van der Waals surface area contributed by atoms with Gasteiger partial charge in [0.15, 0.2) is 0 Å². The Labute approximate surface area is 105 Å². The monoisotopic (exact) mass is 270 g/mol. The fraction of sp³-hybridized carbons (Fsp3) is 1.00. The van der Waals surface area contributed by atoms with Gasteiger partial charge in [0.2, 0.25) is 0 Å². The molecule has 1 fully saturated rings. The molecule has 17 heavy (non-hydrogen) atoms. The Morgan fingerprint density at radius 2 is 2.18 bits per heavy atom. The van der Waals surface area contributed by atoms with E-state index in [0.717, 1.165) is 24.6 Å². The lowest BCUT2D eigenvalue weighted by atomic mass is 10.0. The van der Waals surface area contributed by atoms with Crippen molar-refractivity contribution in [2.45, 2.75) is 38.0 Å². The predicted molar refractivity (Wildman–Crippen MR) is 66.5 cm³/mol. The molecule has 1 aliphatic rings. The minimum atomic E-state index is -4.05. The lowest BCUT2D eigenvalue weighted by molar-refractivity contribution is -0.137. The highest BCUT2D eigenvalue weighted by molar-refractivity contribution is 7.99. The fourth-order valence-electron chi connectivity index (χ4n) is 2.14. The van der Waals surface area contributed by atoms with Crippen LogP contribution in [0.2, 0.25) is 0 Å². The van der Waals surface area contributed by atoms with Crippen LogP contribution in [0.5, 0.6) is 0 Å². The van der Waals surface area contributed by atoms with E-state index in [9.17, 15) is 13.2 Å². The molecule has 1 heterocycles. The van der Waals surface area contributed by atoms with Crippen LogP contribution in [0.1, 0.15) is 19.8 Å². The Bertz CT molecular complexity index is 223. The van der Waals surface area contributed by atoms with Crippen LogP contribution in [-0.4, -0.2) is 54.8 Å². The summed E-state index contributed by atoms with van der Waals surface area (Å²) in [6.45, 7) is 3.62. The number of hydrogen-bond donors (Lipinski definition) is 1. The molecule has 0 aromatic carbocycles. The van der Waals surface area contributed by atoms with E-state index in [1.54, 1.807) is 0 Å². The Balaban J connectivity index is 2.51. The van der Waals surface area contributed by atoms with Gasteiger partial charge in [-0.25, -0.2) is 0 Å². The van der Waals surface area contributed by atoms with Crippen LogP contribution in [0.15, 0.2) is 0 Å². The van der Waals surface area contributed by atoms with Crippen molar-refractivity contribution in [3.8, 4) is 0 Å². The van der Waals surface area contributed by atoms with E-state index in [-0.39, 0.29) is 18.5 Å². The number of thioether (sulfide) groups is 1. The van der Waals surface area contributed by atoms with Crippen LogP contribution in [-0.2, 0) is 0 Å². The first-order chi connectivity index (χ1) is 7.94. The average molecular weight is 270 g/mol. The van der Waals surface area contributed by atoms with Crippen molar-refractivity contribution in [3.63, 3.8) is 0 Å². The highest BCUT2D eigenvalue weighted by Crippen LogP contribution is 2.26. The van der Waals surface area contributed by atoms with Crippen LogP contribution >= 0.6 is 11.8 Å². The number of hydrogen-bond acceptors (Lipinski definition) is 3. The molecule has 1 aliphatic heterocycles. The van der Waals surface area contributed by atoms with Gasteiger partial charge in [-0.2, -0.15) is 24.9 Å². The lowest BCUT2D eigenvalue weighted by Crippen LogP contribution is -2.53. The first kappa shape index (κ1) is 15.1. The minimum absolute atomic E-state index is 0.0561. The highest BCUT2D eigenvalue weighted by Gasteiger charge is 2.32. The summed E-state index contributed by atoms with van der Waals surface area (Å²) in [5.74, 6) is 2.00. The zero-order valence-electron chi connectivity index (χ0n) is 10.4. The topological polar surface area (TPSA) is 15.3 Å². The molecule has 6 heteroatoms. The summed E-state index contributed by atoms with van der Waals surface area (Å²) in [6.07, 6.45) is -4.57. The number of alkyl halides is 3.